The molecule has 1 unspecified atom stereocenters. The van der Waals surface area contributed by atoms with Crippen molar-refractivity contribution in [3.8, 4) is 0 Å². The number of aromatic nitrogens is 1. The Balaban J connectivity index is 2.15. The Morgan fingerprint density at radius 2 is 2.33 bits per heavy atom. The van der Waals surface area contributed by atoms with E-state index in [1.54, 1.807) is 24.2 Å². The highest BCUT2D eigenvalue weighted by atomic mass is 16.2. The minimum absolute atomic E-state index is 0.0640. The lowest BCUT2D eigenvalue weighted by molar-refractivity contribution is 0.0678. The Morgan fingerprint density at radius 3 is 3.00 bits per heavy atom. The Bertz CT molecular complexity index is 495. The maximum Gasteiger partial charge on any atom is 0.254 e. The Hall–Kier alpha value is -1.62. The van der Waals surface area contributed by atoms with Crippen LogP contribution in [0, 0.1) is 5.92 Å². The van der Waals surface area contributed by atoms with Crippen molar-refractivity contribution in [3.63, 3.8) is 0 Å². The number of rotatable bonds is 2. The third kappa shape index (κ3) is 2.61. The van der Waals surface area contributed by atoms with E-state index in [0.29, 0.717) is 24.6 Å². The van der Waals surface area contributed by atoms with E-state index >= 15 is 0 Å². The predicted molar refractivity (Wildman–Crippen MR) is 69.4 cm³/mol. The van der Waals surface area contributed by atoms with E-state index in [0.717, 1.165) is 19.4 Å². The molecule has 1 atom stereocenters. The summed E-state index contributed by atoms with van der Waals surface area (Å²) in [5.74, 6) is 0.320. The number of likely N-dealkylation sites (tertiary alicyclic amines) is 1. The first-order valence-corrected chi connectivity index (χ1v) is 6.28. The number of carbonyl (C=O) groups is 1. The van der Waals surface area contributed by atoms with Gasteiger partial charge in [-0.2, -0.15) is 0 Å². The summed E-state index contributed by atoms with van der Waals surface area (Å²) in [4.78, 5) is 25.6. The smallest absolute Gasteiger partial charge is 0.254 e. The SMILES string of the molecule is Cn1ccc(C(=O)N2CCCC(CN)C2)cc1=O. The summed E-state index contributed by atoms with van der Waals surface area (Å²) >= 11 is 0. The average Bonchev–Trinajstić information content (AvgIpc) is 2.41. The van der Waals surface area contributed by atoms with Crippen LogP contribution in [0.2, 0.25) is 0 Å². The number of piperidine rings is 1. The standard InChI is InChI=1S/C13H19N3O2/c1-15-6-4-11(7-12(15)17)13(18)16-5-2-3-10(8-14)9-16/h4,6-7,10H,2-3,5,8-9,14H2,1H3. The van der Waals surface area contributed by atoms with E-state index in [4.69, 9.17) is 5.73 Å². The van der Waals surface area contributed by atoms with Crippen LogP contribution in [0.5, 0.6) is 0 Å². The van der Waals surface area contributed by atoms with Crippen LogP contribution >= 0.6 is 0 Å². The van der Waals surface area contributed by atoms with E-state index in [-0.39, 0.29) is 11.5 Å². The second-order valence-electron chi connectivity index (χ2n) is 4.86. The molecule has 2 heterocycles. The topological polar surface area (TPSA) is 68.3 Å². The van der Waals surface area contributed by atoms with Gasteiger partial charge in [-0.3, -0.25) is 9.59 Å². The number of nitrogens with two attached hydrogens (primary N) is 1. The maximum atomic E-state index is 12.3. The van der Waals surface area contributed by atoms with Gasteiger partial charge >= 0.3 is 0 Å². The summed E-state index contributed by atoms with van der Waals surface area (Å²) in [6.07, 6.45) is 3.69. The molecule has 98 valence electrons. The number of nitrogens with zero attached hydrogens (tertiary/aromatic N) is 2. The molecule has 0 bridgehead atoms. The second kappa shape index (κ2) is 5.35. The fourth-order valence-electron chi connectivity index (χ4n) is 2.31. The lowest BCUT2D eigenvalue weighted by Gasteiger charge is -2.32. The molecular weight excluding hydrogens is 230 g/mol. The highest BCUT2D eigenvalue weighted by Crippen LogP contribution is 2.17. The van der Waals surface area contributed by atoms with Crippen molar-refractivity contribution in [2.45, 2.75) is 12.8 Å². The third-order valence-corrected chi connectivity index (χ3v) is 3.49. The van der Waals surface area contributed by atoms with Gasteiger partial charge in [0.05, 0.1) is 0 Å². The zero-order chi connectivity index (χ0) is 13.1. The van der Waals surface area contributed by atoms with Crippen LogP contribution in [0.4, 0.5) is 0 Å². The molecule has 1 aromatic heterocycles. The first-order chi connectivity index (χ1) is 8.61. The monoisotopic (exact) mass is 249 g/mol. The summed E-state index contributed by atoms with van der Waals surface area (Å²) in [7, 11) is 1.67. The van der Waals surface area contributed by atoms with E-state index in [9.17, 15) is 9.59 Å². The van der Waals surface area contributed by atoms with Crippen LogP contribution in [0.15, 0.2) is 23.1 Å². The maximum absolute atomic E-state index is 12.3. The van der Waals surface area contributed by atoms with Gasteiger partial charge in [0.1, 0.15) is 0 Å². The molecule has 0 spiro atoms. The summed E-state index contributed by atoms with van der Waals surface area (Å²) < 4.78 is 1.45. The molecule has 1 aromatic rings. The summed E-state index contributed by atoms with van der Waals surface area (Å²) in [5.41, 5.74) is 5.97. The first kappa shape index (κ1) is 12.8. The van der Waals surface area contributed by atoms with Crippen LogP contribution in [0.3, 0.4) is 0 Å². The van der Waals surface area contributed by atoms with Crippen molar-refractivity contribution >= 4 is 5.91 Å². The number of hydrogen-bond acceptors (Lipinski definition) is 3. The molecule has 1 aliphatic heterocycles. The highest BCUT2D eigenvalue weighted by Gasteiger charge is 2.23. The van der Waals surface area contributed by atoms with Crippen molar-refractivity contribution in [2.75, 3.05) is 19.6 Å². The molecular formula is C13H19N3O2. The lowest BCUT2D eigenvalue weighted by Crippen LogP contribution is -2.42. The van der Waals surface area contributed by atoms with E-state index in [1.165, 1.54) is 10.6 Å². The molecule has 18 heavy (non-hydrogen) atoms. The molecule has 0 saturated carbocycles. The average molecular weight is 249 g/mol. The van der Waals surface area contributed by atoms with E-state index < -0.39 is 0 Å². The van der Waals surface area contributed by atoms with Gasteiger partial charge in [0.15, 0.2) is 0 Å². The van der Waals surface area contributed by atoms with Crippen molar-refractivity contribution in [1.82, 2.24) is 9.47 Å². The zero-order valence-corrected chi connectivity index (χ0v) is 10.6. The lowest BCUT2D eigenvalue weighted by atomic mass is 9.98. The minimum atomic E-state index is -0.159. The quantitative estimate of drug-likeness (QED) is 0.814. The Morgan fingerprint density at radius 1 is 1.56 bits per heavy atom. The van der Waals surface area contributed by atoms with Gasteiger partial charge in [-0.25, -0.2) is 0 Å². The molecule has 5 nitrogen and oxygen atoms in total. The molecule has 1 aliphatic rings. The molecule has 1 fully saturated rings. The fraction of sp³-hybridized carbons (Fsp3) is 0.538. The number of hydrogen-bond donors (Lipinski definition) is 1. The van der Waals surface area contributed by atoms with Crippen LogP contribution < -0.4 is 11.3 Å². The third-order valence-electron chi connectivity index (χ3n) is 3.49. The molecule has 1 saturated heterocycles. The summed E-state index contributed by atoms with van der Waals surface area (Å²) in [5, 5.41) is 0. The second-order valence-corrected chi connectivity index (χ2v) is 4.86. The molecule has 1 amide bonds. The number of carbonyl (C=O) groups excluding carboxylic acids is 1. The minimum Gasteiger partial charge on any atom is -0.338 e. The fourth-order valence-corrected chi connectivity index (χ4v) is 2.31. The van der Waals surface area contributed by atoms with Crippen LogP contribution in [-0.2, 0) is 7.05 Å². The number of pyridine rings is 1. The number of aryl methyl sites for hydroxylation is 1. The van der Waals surface area contributed by atoms with Crippen molar-refractivity contribution in [1.29, 1.82) is 0 Å². The normalized spacial score (nSPS) is 19.9. The highest BCUT2D eigenvalue weighted by molar-refractivity contribution is 5.94. The van der Waals surface area contributed by atoms with Crippen LogP contribution in [0.25, 0.3) is 0 Å². The largest absolute Gasteiger partial charge is 0.338 e. The summed E-state index contributed by atoms with van der Waals surface area (Å²) in [6, 6.07) is 3.09. The van der Waals surface area contributed by atoms with Crippen LogP contribution in [-0.4, -0.2) is 35.0 Å². The molecule has 2 rings (SSSR count). The van der Waals surface area contributed by atoms with Gasteiger partial charge in [-0.05, 0) is 31.4 Å². The Labute approximate surface area is 106 Å². The molecule has 0 aliphatic carbocycles. The molecule has 5 heteroatoms. The van der Waals surface area contributed by atoms with Gasteiger partial charge in [0, 0.05) is 38.0 Å². The molecule has 2 N–H and O–H groups in total. The zero-order valence-electron chi connectivity index (χ0n) is 10.6. The molecule has 0 aromatic carbocycles. The Kier molecular flexibility index (Phi) is 3.81. The predicted octanol–water partition coefficient (Wildman–Crippen LogP) is 0.196. The van der Waals surface area contributed by atoms with Gasteiger partial charge in [0.25, 0.3) is 11.5 Å². The molecule has 0 radical (unpaired) electrons. The van der Waals surface area contributed by atoms with Crippen molar-refractivity contribution in [2.24, 2.45) is 18.7 Å². The van der Waals surface area contributed by atoms with Crippen LogP contribution in [0.1, 0.15) is 23.2 Å². The van der Waals surface area contributed by atoms with Crippen molar-refractivity contribution < 1.29 is 4.79 Å². The van der Waals surface area contributed by atoms with Gasteiger partial charge in [-0.1, -0.05) is 0 Å². The summed E-state index contributed by atoms with van der Waals surface area (Å²) in [6.45, 7) is 2.06. The van der Waals surface area contributed by atoms with E-state index in [1.807, 2.05) is 0 Å². The van der Waals surface area contributed by atoms with E-state index in [2.05, 4.69) is 0 Å². The van der Waals surface area contributed by atoms with Crippen molar-refractivity contribution in [3.05, 3.63) is 34.2 Å². The van der Waals surface area contributed by atoms with Gasteiger partial charge < -0.3 is 15.2 Å². The first-order valence-electron chi connectivity index (χ1n) is 6.28. The van der Waals surface area contributed by atoms with Gasteiger partial charge in [0.2, 0.25) is 0 Å². The number of amides is 1. The van der Waals surface area contributed by atoms with Gasteiger partial charge in [-0.15, -0.1) is 0 Å².